The van der Waals surface area contributed by atoms with Crippen LogP contribution in [-0.4, -0.2) is 0 Å². The molecule has 0 atom stereocenters. The third-order valence-electron chi connectivity index (χ3n) is 2.81. The van der Waals surface area contributed by atoms with Crippen LogP contribution in [0.1, 0.15) is 17.5 Å². The summed E-state index contributed by atoms with van der Waals surface area (Å²) in [6.07, 6.45) is 6.22. The van der Waals surface area contributed by atoms with Crippen molar-refractivity contribution in [3.8, 4) is 0 Å². The van der Waals surface area contributed by atoms with Gasteiger partial charge in [-0.3, -0.25) is 0 Å². The maximum atomic E-state index is 4.13. The molecule has 0 fully saturated rings. The Kier molecular flexibility index (Phi) is 4.54. The minimum Gasteiger partial charge on any atom is -0.0992 e. The van der Waals surface area contributed by atoms with Gasteiger partial charge in [-0.15, -0.1) is 0 Å². The molecule has 0 aromatic heterocycles. The van der Waals surface area contributed by atoms with Crippen molar-refractivity contribution in [3.05, 3.63) is 90.0 Å². The molecule has 0 radical (unpaired) electrons. The van der Waals surface area contributed by atoms with E-state index in [1.807, 2.05) is 12.1 Å². The van der Waals surface area contributed by atoms with Gasteiger partial charge in [0.15, 0.2) is 0 Å². The minimum absolute atomic E-state index is 0.934. The standard InChI is InChI=1S/C18H18/c1-16(15-18-12-6-3-7-13-18)9-8-14-17-10-4-2-5-11-17/h2-8,10-14H,1,9,15H2. The van der Waals surface area contributed by atoms with E-state index in [0.717, 1.165) is 12.8 Å². The molecule has 0 unspecified atom stereocenters. The van der Waals surface area contributed by atoms with Crippen LogP contribution in [-0.2, 0) is 6.42 Å². The molecule has 2 aromatic rings. The highest BCUT2D eigenvalue weighted by atomic mass is 14.0. The van der Waals surface area contributed by atoms with Gasteiger partial charge in [0.1, 0.15) is 0 Å². The lowest BCUT2D eigenvalue weighted by Gasteiger charge is -2.02. The van der Waals surface area contributed by atoms with Gasteiger partial charge in [-0.1, -0.05) is 85.0 Å². The van der Waals surface area contributed by atoms with Crippen molar-refractivity contribution in [2.75, 3.05) is 0 Å². The average molecular weight is 234 g/mol. The fourth-order valence-corrected chi connectivity index (χ4v) is 1.88. The summed E-state index contributed by atoms with van der Waals surface area (Å²) in [5.74, 6) is 0. The van der Waals surface area contributed by atoms with Crippen molar-refractivity contribution in [2.45, 2.75) is 12.8 Å². The third kappa shape index (κ3) is 4.06. The highest BCUT2D eigenvalue weighted by molar-refractivity contribution is 5.49. The Labute approximate surface area is 109 Å². The second-order valence-corrected chi connectivity index (χ2v) is 4.43. The molecule has 2 aromatic carbocycles. The van der Waals surface area contributed by atoms with Gasteiger partial charge in [0, 0.05) is 0 Å². The monoisotopic (exact) mass is 234 g/mol. The van der Waals surface area contributed by atoms with Crippen LogP contribution >= 0.6 is 0 Å². The average Bonchev–Trinajstić information content (AvgIpc) is 2.41. The van der Waals surface area contributed by atoms with E-state index in [9.17, 15) is 0 Å². The Hall–Kier alpha value is -2.08. The van der Waals surface area contributed by atoms with Crippen LogP contribution in [0.25, 0.3) is 6.08 Å². The Morgan fingerprint density at radius 3 is 2.17 bits per heavy atom. The van der Waals surface area contributed by atoms with E-state index < -0.39 is 0 Å². The van der Waals surface area contributed by atoms with Gasteiger partial charge < -0.3 is 0 Å². The molecule has 0 N–H and O–H groups in total. The number of hydrogen-bond donors (Lipinski definition) is 0. The fraction of sp³-hybridized carbons (Fsp3) is 0.111. The largest absolute Gasteiger partial charge is 0.0992 e. The molecule has 0 bridgehead atoms. The second kappa shape index (κ2) is 6.61. The van der Waals surface area contributed by atoms with Crippen LogP contribution in [0.4, 0.5) is 0 Å². The highest BCUT2D eigenvalue weighted by Gasteiger charge is 1.94. The maximum Gasteiger partial charge on any atom is -0.00667 e. The number of rotatable bonds is 5. The lowest BCUT2D eigenvalue weighted by molar-refractivity contribution is 1.08. The summed E-state index contributed by atoms with van der Waals surface area (Å²) < 4.78 is 0. The van der Waals surface area contributed by atoms with Gasteiger partial charge in [0.05, 0.1) is 0 Å². The summed E-state index contributed by atoms with van der Waals surface area (Å²) in [4.78, 5) is 0. The molecule has 0 aliphatic heterocycles. The predicted molar refractivity (Wildman–Crippen MR) is 79.4 cm³/mol. The molecule has 0 heterocycles. The smallest absolute Gasteiger partial charge is 0.00667 e. The van der Waals surface area contributed by atoms with Gasteiger partial charge in [-0.05, 0) is 24.0 Å². The summed E-state index contributed by atoms with van der Waals surface area (Å²) in [6.45, 7) is 4.13. The van der Waals surface area contributed by atoms with E-state index >= 15 is 0 Å². The van der Waals surface area contributed by atoms with Gasteiger partial charge in [-0.25, -0.2) is 0 Å². The second-order valence-electron chi connectivity index (χ2n) is 4.43. The number of hydrogen-bond acceptors (Lipinski definition) is 0. The first-order valence-electron chi connectivity index (χ1n) is 6.27. The maximum absolute atomic E-state index is 4.13. The summed E-state index contributed by atoms with van der Waals surface area (Å²) >= 11 is 0. The number of allylic oxidation sites excluding steroid dienone is 2. The molecule has 2 rings (SSSR count). The summed E-state index contributed by atoms with van der Waals surface area (Å²) in [6, 6.07) is 20.8. The molecule has 0 saturated heterocycles. The molecule has 0 spiro atoms. The Morgan fingerprint density at radius 2 is 1.50 bits per heavy atom. The van der Waals surface area contributed by atoms with Crippen LogP contribution in [0.15, 0.2) is 78.9 Å². The number of benzene rings is 2. The van der Waals surface area contributed by atoms with Gasteiger partial charge in [-0.2, -0.15) is 0 Å². The summed E-state index contributed by atoms with van der Waals surface area (Å²) in [7, 11) is 0. The minimum atomic E-state index is 0.934. The van der Waals surface area contributed by atoms with Gasteiger partial charge in [0.2, 0.25) is 0 Å². The van der Waals surface area contributed by atoms with Crippen LogP contribution in [0.5, 0.6) is 0 Å². The zero-order valence-corrected chi connectivity index (χ0v) is 10.5. The van der Waals surface area contributed by atoms with Crippen LogP contribution < -0.4 is 0 Å². The molecule has 0 aliphatic rings. The predicted octanol–water partition coefficient (Wildman–Crippen LogP) is 4.89. The Morgan fingerprint density at radius 1 is 0.889 bits per heavy atom. The van der Waals surface area contributed by atoms with Gasteiger partial charge in [0.25, 0.3) is 0 Å². The van der Waals surface area contributed by atoms with E-state index in [1.54, 1.807) is 0 Å². The molecule has 90 valence electrons. The third-order valence-corrected chi connectivity index (χ3v) is 2.81. The van der Waals surface area contributed by atoms with E-state index in [2.05, 4.69) is 67.3 Å². The summed E-state index contributed by atoms with van der Waals surface area (Å²) in [5.41, 5.74) is 3.81. The topological polar surface area (TPSA) is 0 Å². The molecular weight excluding hydrogens is 216 g/mol. The first-order chi connectivity index (χ1) is 8.84. The quantitative estimate of drug-likeness (QED) is 0.646. The SMILES string of the molecule is C=C(CC=Cc1ccccc1)Cc1ccccc1. The van der Waals surface area contributed by atoms with Crippen LogP contribution in [0, 0.1) is 0 Å². The molecule has 18 heavy (non-hydrogen) atoms. The van der Waals surface area contributed by atoms with Crippen LogP contribution in [0.3, 0.4) is 0 Å². The first-order valence-corrected chi connectivity index (χ1v) is 6.27. The molecule has 0 amide bonds. The van der Waals surface area contributed by atoms with Crippen molar-refractivity contribution in [1.29, 1.82) is 0 Å². The lowest BCUT2D eigenvalue weighted by Crippen LogP contribution is -1.87. The lowest BCUT2D eigenvalue weighted by atomic mass is 10.0. The zero-order chi connectivity index (χ0) is 12.6. The van der Waals surface area contributed by atoms with E-state index in [1.165, 1.54) is 16.7 Å². The van der Waals surface area contributed by atoms with E-state index in [4.69, 9.17) is 0 Å². The van der Waals surface area contributed by atoms with Crippen molar-refractivity contribution in [2.24, 2.45) is 0 Å². The van der Waals surface area contributed by atoms with Crippen molar-refractivity contribution < 1.29 is 0 Å². The molecular formula is C18H18. The summed E-state index contributed by atoms with van der Waals surface area (Å²) in [5, 5.41) is 0. The van der Waals surface area contributed by atoms with Gasteiger partial charge >= 0.3 is 0 Å². The highest BCUT2D eigenvalue weighted by Crippen LogP contribution is 2.11. The molecule has 0 heteroatoms. The normalized spacial score (nSPS) is 10.7. The Bertz CT molecular complexity index is 506. The van der Waals surface area contributed by atoms with Crippen LogP contribution in [0.2, 0.25) is 0 Å². The molecule has 0 nitrogen and oxygen atoms in total. The molecule has 0 saturated carbocycles. The van der Waals surface area contributed by atoms with Crippen molar-refractivity contribution in [3.63, 3.8) is 0 Å². The molecule has 0 aliphatic carbocycles. The first kappa shape index (κ1) is 12.4. The van der Waals surface area contributed by atoms with Crippen molar-refractivity contribution in [1.82, 2.24) is 0 Å². The van der Waals surface area contributed by atoms with Crippen molar-refractivity contribution >= 4 is 6.08 Å². The van der Waals surface area contributed by atoms with E-state index in [0.29, 0.717) is 0 Å². The van der Waals surface area contributed by atoms with E-state index in [-0.39, 0.29) is 0 Å². The fourth-order valence-electron chi connectivity index (χ4n) is 1.88. The zero-order valence-electron chi connectivity index (χ0n) is 10.5. The Balaban J connectivity index is 1.84.